The molecule has 0 saturated carbocycles. The molecule has 2 aromatic carbocycles. The van der Waals surface area contributed by atoms with Crippen LogP contribution in [0.4, 0.5) is 5.69 Å². The molecule has 0 bridgehead atoms. The van der Waals surface area contributed by atoms with Crippen molar-refractivity contribution in [1.29, 1.82) is 0 Å². The molecule has 2 aromatic heterocycles. The molecule has 0 atom stereocenters. The molecule has 3 heterocycles. The van der Waals surface area contributed by atoms with Gasteiger partial charge in [-0.2, -0.15) is 4.31 Å². The van der Waals surface area contributed by atoms with Crippen LogP contribution in [-0.4, -0.2) is 58.5 Å². The number of nitro groups is 1. The van der Waals surface area contributed by atoms with Crippen LogP contribution in [-0.2, 0) is 14.8 Å². The molecule has 31 heavy (non-hydrogen) atoms. The molecule has 1 aliphatic heterocycles. The molecule has 0 N–H and O–H groups in total. The van der Waals surface area contributed by atoms with E-state index < -0.39 is 14.9 Å². The summed E-state index contributed by atoms with van der Waals surface area (Å²) in [5, 5.41) is 20.6. The molecule has 1 fully saturated rings. The van der Waals surface area contributed by atoms with Crippen LogP contribution < -0.4 is 0 Å². The van der Waals surface area contributed by atoms with Crippen LogP contribution in [0.15, 0.2) is 57.4 Å². The number of fused-ring (bicyclic) bond motifs is 3. The fourth-order valence-corrected chi connectivity index (χ4v) is 6.72. The zero-order chi connectivity index (χ0) is 21.6. The van der Waals surface area contributed by atoms with Crippen molar-refractivity contribution < 1.29 is 18.1 Å². The van der Waals surface area contributed by atoms with Crippen molar-refractivity contribution in [2.45, 2.75) is 14.9 Å². The normalized spacial score (nSPS) is 15.6. The van der Waals surface area contributed by atoms with E-state index in [9.17, 15) is 18.5 Å². The molecular weight excluding hydrogens is 462 g/mol. The number of morpholine rings is 1. The fraction of sp³-hybridized carbons (Fsp3) is 0.222. The molecule has 0 unspecified atom stereocenters. The Hall–Kier alpha value is -2.58. The first-order chi connectivity index (χ1) is 14.9. The van der Waals surface area contributed by atoms with Crippen LogP contribution in [0.2, 0.25) is 0 Å². The minimum Gasteiger partial charge on any atom is -0.379 e. The third kappa shape index (κ3) is 3.57. The number of nitro benzene ring substituents is 1. The minimum atomic E-state index is -3.84. The average Bonchev–Trinajstić information content (AvgIpc) is 3.34. The number of ether oxygens (including phenoxy) is 1. The molecule has 5 rings (SSSR count). The highest BCUT2D eigenvalue weighted by Crippen LogP contribution is 2.38. The summed E-state index contributed by atoms with van der Waals surface area (Å²) in [6.07, 6.45) is 0. The third-order valence-corrected chi connectivity index (χ3v) is 8.77. The fourth-order valence-electron chi connectivity index (χ4n) is 3.34. The predicted octanol–water partition coefficient (Wildman–Crippen LogP) is 3.02. The smallest absolute Gasteiger partial charge is 0.284 e. The Kier molecular flexibility index (Phi) is 5.14. The molecule has 4 aromatic rings. The third-order valence-electron chi connectivity index (χ3n) is 4.85. The van der Waals surface area contributed by atoms with Gasteiger partial charge >= 0.3 is 0 Å². The van der Waals surface area contributed by atoms with Crippen LogP contribution in [0, 0.1) is 10.1 Å². The molecule has 1 saturated heterocycles. The van der Waals surface area contributed by atoms with E-state index in [1.807, 2.05) is 28.7 Å². The van der Waals surface area contributed by atoms with Crippen molar-refractivity contribution in [1.82, 2.24) is 18.9 Å². The van der Waals surface area contributed by atoms with Gasteiger partial charge in [-0.3, -0.25) is 14.5 Å². The predicted molar refractivity (Wildman–Crippen MR) is 115 cm³/mol. The Balaban J connectivity index is 1.54. The SMILES string of the molecule is O=[N+]([O-])c1cc(S(=O)(=O)N2CCOCC2)ccc1Sc1nnc2sc3ccccc3n12. The number of rotatable bonds is 5. The summed E-state index contributed by atoms with van der Waals surface area (Å²) in [5.41, 5.74) is 0.611. The second-order valence-electron chi connectivity index (χ2n) is 6.68. The molecule has 0 spiro atoms. The van der Waals surface area contributed by atoms with Crippen molar-refractivity contribution >= 4 is 54.0 Å². The van der Waals surface area contributed by atoms with Gasteiger partial charge in [-0.05, 0) is 36.0 Å². The van der Waals surface area contributed by atoms with Crippen LogP contribution in [0.5, 0.6) is 0 Å². The largest absolute Gasteiger partial charge is 0.379 e. The van der Waals surface area contributed by atoms with E-state index in [0.717, 1.165) is 28.0 Å². The first kappa shape index (κ1) is 20.3. The molecule has 13 heteroatoms. The van der Waals surface area contributed by atoms with Gasteiger partial charge in [0.2, 0.25) is 20.1 Å². The van der Waals surface area contributed by atoms with Crippen LogP contribution in [0.3, 0.4) is 0 Å². The summed E-state index contributed by atoms with van der Waals surface area (Å²) < 4.78 is 35.1. The van der Waals surface area contributed by atoms with Crippen molar-refractivity contribution in [3.05, 3.63) is 52.6 Å². The van der Waals surface area contributed by atoms with Crippen LogP contribution in [0.25, 0.3) is 15.2 Å². The van der Waals surface area contributed by atoms with Crippen LogP contribution >= 0.6 is 23.1 Å². The highest BCUT2D eigenvalue weighted by atomic mass is 32.2. The van der Waals surface area contributed by atoms with E-state index in [-0.39, 0.29) is 28.6 Å². The lowest BCUT2D eigenvalue weighted by Crippen LogP contribution is -2.40. The number of benzene rings is 2. The summed E-state index contributed by atoms with van der Waals surface area (Å²) in [6.45, 7) is 1.03. The number of hydrogen-bond acceptors (Lipinski definition) is 9. The zero-order valence-corrected chi connectivity index (χ0v) is 18.3. The lowest BCUT2D eigenvalue weighted by molar-refractivity contribution is -0.388. The molecule has 0 aliphatic carbocycles. The lowest BCUT2D eigenvalue weighted by Gasteiger charge is -2.26. The molecule has 160 valence electrons. The quantitative estimate of drug-likeness (QED) is 0.318. The molecule has 0 radical (unpaired) electrons. The minimum absolute atomic E-state index is 0.113. The summed E-state index contributed by atoms with van der Waals surface area (Å²) in [4.78, 5) is 12.0. The van der Waals surface area contributed by atoms with Gasteiger partial charge in [0.15, 0.2) is 0 Å². The Morgan fingerprint density at radius 3 is 2.68 bits per heavy atom. The standard InChI is InChI=1S/C18H15N5O5S3/c24-23(25)14-11-12(31(26,27)21-7-9-28-10-8-21)5-6-16(14)30-18-20-19-17-22(18)13-3-1-2-4-15(13)29-17/h1-6,11H,7-10H2. The van der Waals surface area contributed by atoms with E-state index in [1.54, 1.807) is 0 Å². The second-order valence-corrected chi connectivity index (χ2v) is 10.6. The van der Waals surface area contributed by atoms with E-state index >= 15 is 0 Å². The van der Waals surface area contributed by atoms with Crippen molar-refractivity contribution in [2.75, 3.05) is 26.3 Å². The maximum atomic E-state index is 12.9. The van der Waals surface area contributed by atoms with E-state index in [0.29, 0.717) is 23.3 Å². The van der Waals surface area contributed by atoms with E-state index in [1.165, 1.54) is 27.8 Å². The van der Waals surface area contributed by atoms with Gasteiger partial charge in [-0.15, -0.1) is 10.2 Å². The monoisotopic (exact) mass is 477 g/mol. The van der Waals surface area contributed by atoms with Gasteiger partial charge in [0.1, 0.15) is 0 Å². The van der Waals surface area contributed by atoms with Gasteiger partial charge < -0.3 is 4.74 Å². The zero-order valence-electron chi connectivity index (χ0n) is 15.9. The summed E-state index contributed by atoms with van der Waals surface area (Å²) in [7, 11) is -3.84. The maximum Gasteiger partial charge on any atom is 0.284 e. The van der Waals surface area contributed by atoms with Crippen LogP contribution in [0.1, 0.15) is 0 Å². The Morgan fingerprint density at radius 2 is 1.90 bits per heavy atom. The highest BCUT2D eigenvalue weighted by molar-refractivity contribution is 7.99. The summed E-state index contributed by atoms with van der Waals surface area (Å²) >= 11 is 2.55. The Labute approximate surface area is 184 Å². The topological polar surface area (TPSA) is 120 Å². The first-order valence-electron chi connectivity index (χ1n) is 9.22. The number of nitrogens with zero attached hydrogens (tertiary/aromatic N) is 5. The second kappa shape index (κ2) is 7.84. The molecular formula is C18H15N5O5S3. The number of thiazole rings is 1. The number of hydrogen-bond donors (Lipinski definition) is 0. The van der Waals surface area contributed by atoms with Gasteiger partial charge in [0, 0.05) is 19.2 Å². The molecule has 0 amide bonds. The van der Waals surface area contributed by atoms with E-state index in [4.69, 9.17) is 4.74 Å². The summed E-state index contributed by atoms with van der Waals surface area (Å²) in [5.74, 6) is 0. The number of aromatic nitrogens is 3. The highest BCUT2D eigenvalue weighted by Gasteiger charge is 2.29. The Bertz CT molecular complexity index is 1410. The number of sulfonamides is 1. The Morgan fingerprint density at radius 1 is 1.13 bits per heavy atom. The van der Waals surface area contributed by atoms with Crippen molar-refractivity contribution in [3.8, 4) is 0 Å². The van der Waals surface area contributed by atoms with Gasteiger partial charge in [-0.1, -0.05) is 23.5 Å². The van der Waals surface area contributed by atoms with Gasteiger partial charge in [-0.25, -0.2) is 8.42 Å². The van der Waals surface area contributed by atoms with Gasteiger partial charge in [0.05, 0.1) is 38.1 Å². The summed E-state index contributed by atoms with van der Waals surface area (Å²) in [6, 6.07) is 11.7. The maximum absolute atomic E-state index is 12.9. The van der Waals surface area contributed by atoms with Gasteiger partial charge in [0.25, 0.3) is 5.69 Å². The van der Waals surface area contributed by atoms with Crippen molar-refractivity contribution in [3.63, 3.8) is 0 Å². The lowest BCUT2D eigenvalue weighted by atomic mass is 10.3. The molecule has 1 aliphatic rings. The van der Waals surface area contributed by atoms with Crippen molar-refractivity contribution in [2.24, 2.45) is 0 Å². The van der Waals surface area contributed by atoms with E-state index in [2.05, 4.69) is 10.2 Å². The molecule has 10 nitrogen and oxygen atoms in total. The average molecular weight is 478 g/mol. The first-order valence-corrected chi connectivity index (χ1v) is 12.3. The number of para-hydroxylation sites is 1.